The van der Waals surface area contributed by atoms with Crippen molar-refractivity contribution in [1.82, 2.24) is 18.7 Å². The Bertz CT molecular complexity index is 647. The summed E-state index contributed by atoms with van der Waals surface area (Å²) < 4.78 is 4.29. The second-order valence-electron chi connectivity index (χ2n) is 3.82. The fourth-order valence-electron chi connectivity index (χ4n) is 1.81. The van der Waals surface area contributed by atoms with Crippen LogP contribution < -0.4 is 11.2 Å². The second-order valence-corrected chi connectivity index (χ2v) is 3.82. The van der Waals surface area contributed by atoms with Gasteiger partial charge in [-0.3, -0.25) is 13.9 Å². The molecule has 6 nitrogen and oxygen atoms in total. The molecule has 0 atom stereocenters. The van der Waals surface area contributed by atoms with Crippen LogP contribution in [0.25, 0.3) is 11.2 Å². The Morgan fingerprint density at radius 2 is 1.94 bits per heavy atom. The van der Waals surface area contributed by atoms with E-state index in [1.54, 1.807) is 17.9 Å². The summed E-state index contributed by atoms with van der Waals surface area (Å²) in [6.07, 6.45) is 2.52. The third kappa shape index (κ3) is 1.30. The smallest absolute Gasteiger partial charge is 0.325 e. The van der Waals surface area contributed by atoms with Gasteiger partial charge in [0.25, 0.3) is 5.56 Å². The number of aromatic nitrogens is 4. The van der Waals surface area contributed by atoms with Gasteiger partial charge in [-0.25, -0.2) is 9.78 Å². The molecule has 0 spiro atoms. The number of aryl methyl sites for hydroxylation is 2. The van der Waals surface area contributed by atoms with Crippen molar-refractivity contribution in [3.63, 3.8) is 0 Å². The maximum Gasteiger partial charge on any atom is 0.332 e. The van der Waals surface area contributed by atoms with Crippen LogP contribution in [0, 0.1) is 0 Å². The molecular weight excluding hydrogens is 208 g/mol. The van der Waals surface area contributed by atoms with Crippen LogP contribution in [0.15, 0.2) is 15.9 Å². The molecule has 2 heterocycles. The van der Waals surface area contributed by atoms with Crippen molar-refractivity contribution in [3.8, 4) is 0 Å². The van der Waals surface area contributed by atoms with Gasteiger partial charge in [-0.1, -0.05) is 6.92 Å². The summed E-state index contributed by atoms with van der Waals surface area (Å²) in [6, 6.07) is 0. The van der Waals surface area contributed by atoms with Crippen molar-refractivity contribution >= 4 is 11.2 Å². The highest BCUT2D eigenvalue weighted by Gasteiger charge is 2.13. The summed E-state index contributed by atoms with van der Waals surface area (Å²) in [5.74, 6) is 0. The summed E-state index contributed by atoms with van der Waals surface area (Å²) in [4.78, 5) is 27.7. The molecular formula is C10H14N4O2. The number of imidazole rings is 1. The van der Waals surface area contributed by atoms with Crippen LogP contribution in [0.5, 0.6) is 0 Å². The maximum atomic E-state index is 11.9. The van der Waals surface area contributed by atoms with Crippen molar-refractivity contribution in [2.45, 2.75) is 19.9 Å². The largest absolute Gasteiger partial charge is 0.332 e. The SMILES string of the molecule is CCCn1cnc2c1c(=O)n(C)c(=O)n2C. The highest BCUT2D eigenvalue weighted by Crippen LogP contribution is 2.05. The summed E-state index contributed by atoms with van der Waals surface area (Å²) >= 11 is 0. The Kier molecular flexibility index (Phi) is 2.41. The first-order valence-electron chi connectivity index (χ1n) is 5.18. The lowest BCUT2D eigenvalue weighted by Crippen LogP contribution is -2.37. The van der Waals surface area contributed by atoms with Crippen molar-refractivity contribution in [1.29, 1.82) is 0 Å². The van der Waals surface area contributed by atoms with Crippen molar-refractivity contribution in [2.24, 2.45) is 14.1 Å². The number of hydrogen-bond donors (Lipinski definition) is 0. The number of hydrogen-bond acceptors (Lipinski definition) is 3. The Balaban J connectivity index is 2.95. The van der Waals surface area contributed by atoms with E-state index in [0.717, 1.165) is 17.5 Å². The first-order chi connectivity index (χ1) is 7.57. The summed E-state index contributed by atoms with van der Waals surface area (Å²) in [7, 11) is 3.10. The van der Waals surface area contributed by atoms with E-state index in [1.807, 2.05) is 6.92 Å². The van der Waals surface area contributed by atoms with Gasteiger partial charge in [0.1, 0.15) is 0 Å². The lowest BCUT2D eigenvalue weighted by Gasteiger charge is -2.05. The molecule has 2 aromatic heterocycles. The first-order valence-corrected chi connectivity index (χ1v) is 5.18. The fraction of sp³-hybridized carbons (Fsp3) is 0.500. The predicted molar refractivity (Wildman–Crippen MR) is 60.5 cm³/mol. The lowest BCUT2D eigenvalue weighted by molar-refractivity contribution is 0.676. The highest BCUT2D eigenvalue weighted by molar-refractivity contribution is 5.69. The van der Waals surface area contributed by atoms with E-state index in [-0.39, 0.29) is 11.2 Å². The van der Waals surface area contributed by atoms with Gasteiger partial charge in [-0.05, 0) is 6.42 Å². The zero-order valence-electron chi connectivity index (χ0n) is 9.60. The number of rotatable bonds is 2. The van der Waals surface area contributed by atoms with Gasteiger partial charge in [0, 0.05) is 20.6 Å². The van der Waals surface area contributed by atoms with Crippen LogP contribution in [0.3, 0.4) is 0 Å². The summed E-state index contributed by atoms with van der Waals surface area (Å²) in [5, 5.41) is 0. The van der Waals surface area contributed by atoms with Gasteiger partial charge in [-0.15, -0.1) is 0 Å². The van der Waals surface area contributed by atoms with E-state index >= 15 is 0 Å². The van der Waals surface area contributed by atoms with Gasteiger partial charge < -0.3 is 4.57 Å². The third-order valence-corrected chi connectivity index (χ3v) is 2.68. The molecule has 0 radical (unpaired) electrons. The molecule has 0 N–H and O–H groups in total. The normalized spacial score (nSPS) is 11.2. The topological polar surface area (TPSA) is 61.8 Å². The molecule has 0 saturated heterocycles. The molecule has 2 rings (SSSR count). The van der Waals surface area contributed by atoms with Gasteiger partial charge in [0.2, 0.25) is 0 Å². The fourth-order valence-corrected chi connectivity index (χ4v) is 1.81. The van der Waals surface area contributed by atoms with Crippen molar-refractivity contribution < 1.29 is 0 Å². The van der Waals surface area contributed by atoms with Crippen molar-refractivity contribution in [3.05, 3.63) is 27.2 Å². The first kappa shape index (κ1) is 10.7. The van der Waals surface area contributed by atoms with Crippen LogP contribution in [0.1, 0.15) is 13.3 Å². The van der Waals surface area contributed by atoms with Crippen LogP contribution in [-0.4, -0.2) is 18.7 Å². The molecule has 16 heavy (non-hydrogen) atoms. The molecule has 0 aliphatic carbocycles. The standard InChI is InChI=1S/C10H14N4O2/c1-4-5-14-6-11-8-7(14)9(15)13(3)10(16)12(8)2/h6H,4-5H2,1-3H3. The molecule has 86 valence electrons. The summed E-state index contributed by atoms with van der Waals surface area (Å²) in [6.45, 7) is 2.75. The molecule has 0 amide bonds. The van der Waals surface area contributed by atoms with E-state index in [0.29, 0.717) is 11.2 Å². The molecule has 0 bridgehead atoms. The van der Waals surface area contributed by atoms with Gasteiger partial charge >= 0.3 is 5.69 Å². The quantitative estimate of drug-likeness (QED) is 0.709. The minimum absolute atomic E-state index is 0.288. The molecule has 0 fully saturated rings. The van der Waals surface area contributed by atoms with E-state index in [9.17, 15) is 9.59 Å². The molecule has 6 heteroatoms. The predicted octanol–water partition coefficient (Wildman–Crippen LogP) is -0.156. The van der Waals surface area contributed by atoms with Crippen molar-refractivity contribution in [2.75, 3.05) is 0 Å². The van der Waals surface area contributed by atoms with Crippen LogP contribution in [0.2, 0.25) is 0 Å². The minimum Gasteiger partial charge on any atom is -0.325 e. The molecule has 0 unspecified atom stereocenters. The zero-order chi connectivity index (χ0) is 11.9. The Hall–Kier alpha value is -1.85. The Morgan fingerprint density at radius 3 is 2.56 bits per heavy atom. The highest BCUT2D eigenvalue weighted by atomic mass is 16.2. The summed E-state index contributed by atoms with van der Waals surface area (Å²) in [5.41, 5.74) is 0.302. The molecule has 2 aromatic rings. The lowest BCUT2D eigenvalue weighted by atomic mass is 10.4. The minimum atomic E-state index is -0.348. The Morgan fingerprint density at radius 1 is 1.25 bits per heavy atom. The van der Waals surface area contributed by atoms with Gasteiger partial charge in [0.05, 0.1) is 6.33 Å². The van der Waals surface area contributed by atoms with Crippen LogP contribution in [0.4, 0.5) is 0 Å². The molecule has 0 aliphatic heterocycles. The third-order valence-electron chi connectivity index (χ3n) is 2.68. The van der Waals surface area contributed by atoms with E-state index < -0.39 is 0 Å². The van der Waals surface area contributed by atoms with E-state index in [1.165, 1.54) is 11.6 Å². The molecule has 0 aromatic carbocycles. The van der Waals surface area contributed by atoms with Gasteiger partial charge in [0.15, 0.2) is 11.2 Å². The average molecular weight is 222 g/mol. The van der Waals surface area contributed by atoms with E-state index in [2.05, 4.69) is 4.98 Å². The molecule has 0 aliphatic rings. The maximum absolute atomic E-state index is 11.9. The van der Waals surface area contributed by atoms with Crippen LogP contribution in [-0.2, 0) is 20.6 Å². The van der Waals surface area contributed by atoms with Crippen LogP contribution >= 0.6 is 0 Å². The van der Waals surface area contributed by atoms with Gasteiger partial charge in [-0.2, -0.15) is 0 Å². The number of fused-ring (bicyclic) bond motifs is 1. The van der Waals surface area contributed by atoms with E-state index in [4.69, 9.17) is 0 Å². The number of nitrogens with zero attached hydrogens (tertiary/aromatic N) is 4. The monoisotopic (exact) mass is 222 g/mol. The zero-order valence-corrected chi connectivity index (χ0v) is 9.60. The second kappa shape index (κ2) is 3.62. The molecule has 0 saturated carbocycles. The Labute approximate surface area is 91.8 Å². The average Bonchev–Trinajstić information content (AvgIpc) is 2.68.